The van der Waals surface area contributed by atoms with E-state index in [9.17, 15) is 14.0 Å². The van der Waals surface area contributed by atoms with Crippen LogP contribution in [-0.4, -0.2) is 30.2 Å². The van der Waals surface area contributed by atoms with E-state index in [1.165, 1.54) is 28.8 Å². The number of nitrogens with one attached hydrogen (secondary N) is 1. The second-order valence-corrected chi connectivity index (χ2v) is 7.45. The second kappa shape index (κ2) is 8.32. The molecule has 0 radical (unpaired) electrons. The van der Waals surface area contributed by atoms with Crippen LogP contribution in [-0.2, 0) is 11.3 Å². The van der Waals surface area contributed by atoms with Crippen LogP contribution in [0.2, 0.25) is 5.02 Å². The molecule has 5 aromatic rings. The van der Waals surface area contributed by atoms with Gasteiger partial charge in [-0.2, -0.15) is 4.98 Å². The summed E-state index contributed by atoms with van der Waals surface area (Å²) in [6.07, 6.45) is 1.51. The number of benzene rings is 2. The van der Waals surface area contributed by atoms with E-state index >= 15 is 0 Å². The first-order valence-corrected chi connectivity index (χ1v) is 10.1. The number of fused-ring (bicyclic) bond motifs is 1. The summed E-state index contributed by atoms with van der Waals surface area (Å²) in [6, 6.07) is 16.0. The van der Waals surface area contributed by atoms with E-state index in [4.69, 9.17) is 16.1 Å². The molecule has 0 atom stereocenters. The van der Waals surface area contributed by atoms with Gasteiger partial charge in [0.15, 0.2) is 5.65 Å². The van der Waals surface area contributed by atoms with Crippen molar-refractivity contribution in [1.82, 2.24) is 24.3 Å². The predicted molar refractivity (Wildman–Crippen MR) is 118 cm³/mol. The Morgan fingerprint density at radius 2 is 1.88 bits per heavy atom. The summed E-state index contributed by atoms with van der Waals surface area (Å²) in [5.74, 6) is -0.688. The van der Waals surface area contributed by atoms with Gasteiger partial charge in [0.2, 0.25) is 11.7 Å². The van der Waals surface area contributed by atoms with E-state index in [1.807, 2.05) is 0 Å². The second-order valence-electron chi connectivity index (χ2n) is 7.01. The van der Waals surface area contributed by atoms with Gasteiger partial charge >= 0.3 is 5.69 Å². The maximum absolute atomic E-state index is 13.8. The first-order chi connectivity index (χ1) is 16.0. The molecule has 0 saturated heterocycles. The molecular formula is C22H14ClFN6O3. The molecular weight excluding hydrogens is 451 g/mol. The van der Waals surface area contributed by atoms with Crippen LogP contribution >= 0.6 is 11.6 Å². The summed E-state index contributed by atoms with van der Waals surface area (Å²) < 4.78 is 21.4. The Labute approximate surface area is 190 Å². The molecule has 0 unspecified atom stereocenters. The monoisotopic (exact) mass is 464 g/mol. The fraction of sp³-hybridized carbons (Fsp3) is 0.0455. The molecule has 0 fully saturated rings. The van der Waals surface area contributed by atoms with E-state index in [2.05, 4.69) is 20.6 Å². The summed E-state index contributed by atoms with van der Waals surface area (Å²) in [4.78, 5) is 29.5. The first-order valence-electron chi connectivity index (χ1n) is 9.72. The van der Waals surface area contributed by atoms with Crippen molar-refractivity contribution in [3.8, 4) is 22.8 Å². The van der Waals surface area contributed by atoms with Gasteiger partial charge in [0.25, 0.3) is 5.89 Å². The van der Waals surface area contributed by atoms with Gasteiger partial charge in [-0.05, 0) is 48.5 Å². The van der Waals surface area contributed by atoms with Gasteiger partial charge in [0.1, 0.15) is 12.4 Å². The third kappa shape index (κ3) is 3.99. The van der Waals surface area contributed by atoms with Crippen molar-refractivity contribution in [3.05, 3.63) is 88.2 Å². The van der Waals surface area contributed by atoms with Crippen molar-refractivity contribution in [2.45, 2.75) is 6.54 Å². The molecule has 0 saturated carbocycles. The predicted octanol–water partition coefficient (Wildman–Crippen LogP) is 3.64. The SMILES string of the molecule is O=C(Cn1nc2c(-c3nc(-c4ccc(Cl)cc4)no3)cccn2c1=O)Nc1ccccc1F. The van der Waals surface area contributed by atoms with Crippen molar-refractivity contribution in [1.29, 1.82) is 0 Å². The zero-order valence-corrected chi connectivity index (χ0v) is 17.5. The minimum absolute atomic E-state index is 0.0144. The van der Waals surface area contributed by atoms with Crippen LogP contribution < -0.4 is 11.0 Å². The van der Waals surface area contributed by atoms with E-state index in [-0.39, 0.29) is 17.2 Å². The van der Waals surface area contributed by atoms with E-state index in [1.54, 1.807) is 42.5 Å². The molecule has 0 spiro atoms. The number of para-hydroxylation sites is 1. The van der Waals surface area contributed by atoms with Crippen LogP contribution in [0, 0.1) is 5.82 Å². The van der Waals surface area contributed by atoms with Crippen molar-refractivity contribution >= 4 is 28.8 Å². The minimum atomic E-state index is -0.602. The Morgan fingerprint density at radius 1 is 1.09 bits per heavy atom. The highest BCUT2D eigenvalue weighted by molar-refractivity contribution is 6.30. The molecule has 3 heterocycles. The summed E-state index contributed by atoms with van der Waals surface area (Å²) in [5, 5.41) is 11.2. The highest BCUT2D eigenvalue weighted by Gasteiger charge is 2.19. The van der Waals surface area contributed by atoms with Crippen LogP contribution in [0.25, 0.3) is 28.5 Å². The maximum Gasteiger partial charge on any atom is 0.350 e. The average molecular weight is 465 g/mol. The van der Waals surface area contributed by atoms with Crippen molar-refractivity contribution in [3.63, 3.8) is 0 Å². The maximum atomic E-state index is 13.8. The standard InChI is InChI=1S/C22H14ClFN6O3/c23-14-9-7-13(8-10-14)19-26-21(33-28-19)15-4-3-11-29-20(15)27-30(22(29)32)12-18(31)25-17-6-2-1-5-16(17)24/h1-11H,12H2,(H,25,31). The van der Waals surface area contributed by atoms with Crippen LogP contribution in [0.3, 0.4) is 0 Å². The lowest BCUT2D eigenvalue weighted by Gasteiger charge is -2.05. The van der Waals surface area contributed by atoms with Crippen LogP contribution in [0.1, 0.15) is 0 Å². The molecule has 2 aromatic carbocycles. The van der Waals surface area contributed by atoms with Gasteiger partial charge in [-0.25, -0.2) is 18.3 Å². The van der Waals surface area contributed by atoms with Gasteiger partial charge in [0.05, 0.1) is 11.3 Å². The van der Waals surface area contributed by atoms with Crippen molar-refractivity contribution in [2.24, 2.45) is 0 Å². The average Bonchev–Trinajstić information content (AvgIpc) is 3.41. The Kier molecular flexibility index (Phi) is 5.19. The number of hydrogen-bond acceptors (Lipinski definition) is 6. The van der Waals surface area contributed by atoms with Crippen LogP contribution in [0.5, 0.6) is 0 Å². The number of nitrogens with zero attached hydrogens (tertiary/aromatic N) is 5. The van der Waals surface area contributed by atoms with Crippen molar-refractivity contribution < 1.29 is 13.7 Å². The third-order valence-electron chi connectivity index (χ3n) is 4.81. The lowest BCUT2D eigenvalue weighted by atomic mass is 10.2. The zero-order valence-electron chi connectivity index (χ0n) is 16.8. The molecule has 0 aliphatic carbocycles. The molecule has 0 bridgehead atoms. The molecule has 1 N–H and O–H groups in total. The number of halogens is 2. The summed E-state index contributed by atoms with van der Waals surface area (Å²) in [5.41, 5.74) is 0.811. The lowest BCUT2D eigenvalue weighted by molar-refractivity contribution is -0.117. The zero-order chi connectivity index (χ0) is 22.9. The molecule has 5 rings (SSSR count). The Morgan fingerprint density at radius 3 is 2.67 bits per heavy atom. The number of aromatic nitrogens is 5. The van der Waals surface area contributed by atoms with E-state index in [0.29, 0.717) is 22.0 Å². The molecule has 1 amide bonds. The first kappa shape index (κ1) is 20.6. The van der Waals surface area contributed by atoms with Gasteiger partial charge in [-0.1, -0.05) is 28.9 Å². The Bertz CT molecular complexity index is 1540. The highest BCUT2D eigenvalue weighted by atomic mass is 35.5. The molecule has 9 nitrogen and oxygen atoms in total. The number of amides is 1. The smallest absolute Gasteiger partial charge is 0.333 e. The molecule has 3 aromatic heterocycles. The third-order valence-corrected chi connectivity index (χ3v) is 5.06. The van der Waals surface area contributed by atoms with Gasteiger partial charge in [-0.3, -0.25) is 4.79 Å². The number of anilines is 1. The number of rotatable bonds is 5. The quantitative estimate of drug-likeness (QED) is 0.425. The van der Waals surface area contributed by atoms with Gasteiger partial charge < -0.3 is 9.84 Å². The lowest BCUT2D eigenvalue weighted by Crippen LogP contribution is -2.28. The minimum Gasteiger partial charge on any atom is -0.333 e. The van der Waals surface area contributed by atoms with Gasteiger partial charge in [-0.15, -0.1) is 5.10 Å². The highest BCUT2D eigenvalue weighted by Crippen LogP contribution is 2.25. The number of pyridine rings is 1. The molecule has 11 heteroatoms. The van der Waals surface area contributed by atoms with Crippen LogP contribution in [0.15, 0.2) is 76.2 Å². The number of hydrogen-bond donors (Lipinski definition) is 1. The van der Waals surface area contributed by atoms with E-state index in [0.717, 1.165) is 4.68 Å². The summed E-state index contributed by atoms with van der Waals surface area (Å²) in [7, 11) is 0. The van der Waals surface area contributed by atoms with Crippen molar-refractivity contribution in [2.75, 3.05) is 5.32 Å². The molecule has 164 valence electrons. The normalized spacial score (nSPS) is 11.1. The van der Waals surface area contributed by atoms with E-state index < -0.39 is 24.0 Å². The Balaban J connectivity index is 1.46. The largest absolute Gasteiger partial charge is 0.350 e. The summed E-state index contributed by atoms with van der Waals surface area (Å²) in [6.45, 7) is -0.409. The molecule has 0 aliphatic rings. The van der Waals surface area contributed by atoms with Gasteiger partial charge in [0, 0.05) is 16.8 Å². The van der Waals surface area contributed by atoms with Crippen LogP contribution in [0.4, 0.5) is 10.1 Å². The Hall–Kier alpha value is -4.31. The fourth-order valence-corrected chi connectivity index (χ4v) is 3.37. The number of carbonyl (C=O) groups excluding carboxylic acids is 1. The molecule has 0 aliphatic heterocycles. The molecule has 33 heavy (non-hydrogen) atoms. The topological polar surface area (TPSA) is 107 Å². The fourth-order valence-electron chi connectivity index (χ4n) is 3.25. The summed E-state index contributed by atoms with van der Waals surface area (Å²) >= 11 is 5.92. The number of carbonyl (C=O) groups is 1.